The molecule has 0 saturated heterocycles. The van der Waals surface area contributed by atoms with Crippen LogP contribution in [-0.2, 0) is 4.79 Å². The van der Waals surface area contributed by atoms with Crippen LogP contribution in [0, 0.1) is 5.41 Å². The molecule has 0 aromatic carbocycles. The number of rotatable bonds is 3. The second-order valence-corrected chi connectivity index (χ2v) is 3.56. The molecule has 0 atom stereocenters. The summed E-state index contributed by atoms with van der Waals surface area (Å²) in [5.74, 6) is 0.238. The van der Waals surface area contributed by atoms with Gasteiger partial charge < -0.3 is 4.90 Å². The number of carbonyl (C=O) groups is 1. The molecule has 1 amide bonds. The molecule has 0 aliphatic carbocycles. The van der Waals surface area contributed by atoms with Crippen molar-refractivity contribution in [2.45, 2.75) is 48.0 Å². The summed E-state index contributed by atoms with van der Waals surface area (Å²) in [6.45, 7) is 12.8. The zero-order valence-corrected chi connectivity index (χ0v) is 10.3. The van der Waals surface area contributed by atoms with Crippen LogP contribution in [0.5, 0.6) is 0 Å². The van der Waals surface area contributed by atoms with Crippen LogP contribution in [0.1, 0.15) is 48.0 Å². The van der Waals surface area contributed by atoms with Gasteiger partial charge in [0, 0.05) is 19.0 Å². The number of amides is 1. The van der Waals surface area contributed by atoms with Crippen molar-refractivity contribution in [3.05, 3.63) is 0 Å². The Bertz CT molecular complexity index is 141. The van der Waals surface area contributed by atoms with Crippen molar-refractivity contribution in [1.29, 1.82) is 0 Å². The molecular formula is C11H25NO. The van der Waals surface area contributed by atoms with Gasteiger partial charge >= 0.3 is 0 Å². The zero-order chi connectivity index (χ0) is 11.1. The highest BCUT2D eigenvalue weighted by atomic mass is 16.2. The lowest BCUT2D eigenvalue weighted by Crippen LogP contribution is -2.37. The van der Waals surface area contributed by atoms with Crippen molar-refractivity contribution in [3.8, 4) is 0 Å². The Balaban J connectivity index is 0. The van der Waals surface area contributed by atoms with Gasteiger partial charge in [-0.1, -0.05) is 34.6 Å². The van der Waals surface area contributed by atoms with E-state index in [1.54, 1.807) is 4.90 Å². The average Bonchev–Trinajstić information content (AvgIpc) is 2.18. The summed E-state index contributed by atoms with van der Waals surface area (Å²) in [5.41, 5.74) is -0.190. The van der Waals surface area contributed by atoms with Gasteiger partial charge in [-0.15, -0.1) is 0 Å². The average molecular weight is 187 g/mol. The van der Waals surface area contributed by atoms with Crippen LogP contribution < -0.4 is 0 Å². The molecule has 0 rings (SSSR count). The molecule has 0 aliphatic heterocycles. The molecule has 0 spiro atoms. The fourth-order valence-corrected chi connectivity index (χ4v) is 0.812. The highest BCUT2D eigenvalue weighted by Gasteiger charge is 2.27. The van der Waals surface area contributed by atoms with Crippen molar-refractivity contribution in [3.63, 3.8) is 0 Å². The maximum atomic E-state index is 11.6. The van der Waals surface area contributed by atoms with Crippen molar-refractivity contribution in [1.82, 2.24) is 4.90 Å². The molecule has 2 heteroatoms. The first-order valence-electron chi connectivity index (χ1n) is 5.21. The van der Waals surface area contributed by atoms with Crippen molar-refractivity contribution < 1.29 is 4.79 Å². The quantitative estimate of drug-likeness (QED) is 0.665. The van der Waals surface area contributed by atoms with Gasteiger partial charge in [0.25, 0.3) is 0 Å². The van der Waals surface area contributed by atoms with Crippen LogP contribution in [0.4, 0.5) is 0 Å². The second kappa shape index (κ2) is 6.93. The minimum Gasteiger partial charge on any atom is -0.346 e. The molecule has 0 unspecified atom stereocenters. The lowest BCUT2D eigenvalue weighted by molar-refractivity contribution is -0.138. The number of hydrogen-bond donors (Lipinski definition) is 0. The van der Waals surface area contributed by atoms with E-state index in [1.165, 1.54) is 0 Å². The van der Waals surface area contributed by atoms with Crippen LogP contribution in [-0.4, -0.2) is 24.4 Å². The smallest absolute Gasteiger partial charge is 0.227 e. The first-order chi connectivity index (χ1) is 5.95. The molecular weight excluding hydrogens is 162 g/mol. The third kappa shape index (κ3) is 4.91. The standard InChI is InChI=1S/C9H19NO.C2H6/c1-6-9(3,4)8(11)10(5)7-2;1-2/h6-7H2,1-5H3;1-2H3. The maximum absolute atomic E-state index is 11.6. The number of nitrogens with zero attached hydrogens (tertiary/aromatic N) is 1. The summed E-state index contributed by atoms with van der Waals surface area (Å²) in [6.07, 6.45) is 0.899. The SMILES string of the molecule is CC.CCN(C)C(=O)C(C)(C)CC. The highest BCUT2D eigenvalue weighted by molar-refractivity contribution is 5.81. The molecule has 0 N–H and O–H groups in total. The highest BCUT2D eigenvalue weighted by Crippen LogP contribution is 2.21. The van der Waals surface area contributed by atoms with Gasteiger partial charge in [-0.05, 0) is 13.3 Å². The molecule has 2 nitrogen and oxygen atoms in total. The van der Waals surface area contributed by atoms with Crippen LogP contribution in [0.15, 0.2) is 0 Å². The molecule has 0 aliphatic rings. The summed E-state index contributed by atoms with van der Waals surface area (Å²) < 4.78 is 0. The molecule has 0 bridgehead atoms. The molecule has 13 heavy (non-hydrogen) atoms. The number of hydrogen-bond acceptors (Lipinski definition) is 1. The summed E-state index contributed by atoms with van der Waals surface area (Å²) in [7, 11) is 1.85. The Kier molecular flexibility index (Phi) is 7.98. The molecule has 0 aromatic heterocycles. The van der Waals surface area contributed by atoms with E-state index >= 15 is 0 Å². The fourth-order valence-electron chi connectivity index (χ4n) is 0.812. The Morgan fingerprint density at radius 2 is 1.62 bits per heavy atom. The zero-order valence-electron chi connectivity index (χ0n) is 10.3. The van der Waals surface area contributed by atoms with Gasteiger partial charge in [-0.3, -0.25) is 4.79 Å². The molecule has 0 heterocycles. The van der Waals surface area contributed by atoms with Crippen LogP contribution in [0.2, 0.25) is 0 Å². The third-order valence-corrected chi connectivity index (χ3v) is 2.28. The number of carbonyl (C=O) groups excluding carboxylic acids is 1. The summed E-state index contributed by atoms with van der Waals surface area (Å²) >= 11 is 0. The lowest BCUT2D eigenvalue weighted by atomic mass is 9.89. The third-order valence-electron chi connectivity index (χ3n) is 2.28. The van der Waals surface area contributed by atoms with Gasteiger partial charge in [0.05, 0.1) is 0 Å². The predicted molar refractivity (Wildman–Crippen MR) is 58.7 cm³/mol. The molecule has 0 fully saturated rings. The Morgan fingerprint density at radius 1 is 1.23 bits per heavy atom. The van der Waals surface area contributed by atoms with E-state index in [1.807, 2.05) is 48.6 Å². The Morgan fingerprint density at radius 3 is 1.85 bits per heavy atom. The van der Waals surface area contributed by atoms with Gasteiger partial charge in [-0.2, -0.15) is 0 Å². The molecule has 80 valence electrons. The molecule has 0 aromatic rings. The largest absolute Gasteiger partial charge is 0.346 e. The predicted octanol–water partition coefficient (Wildman–Crippen LogP) is 2.93. The van der Waals surface area contributed by atoms with Crippen LogP contribution in [0.3, 0.4) is 0 Å². The second-order valence-electron chi connectivity index (χ2n) is 3.56. The monoisotopic (exact) mass is 187 g/mol. The van der Waals surface area contributed by atoms with E-state index in [4.69, 9.17) is 0 Å². The maximum Gasteiger partial charge on any atom is 0.227 e. The summed E-state index contributed by atoms with van der Waals surface area (Å²) in [4.78, 5) is 13.3. The minimum atomic E-state index is -0.190. The van der Waals surface area contributed by atoms with Gasteiger partial charge in [-0.25, -0.2) is 0 Å². The fraction of sp³-hybridized carbons (Fsp3) is 0.909. The minimum absolute atomic E-state index is 0.190. The van der Waals surface area contributed by atoms with E-state index in [9.17, 15) is 4.79 Å². The van der Waals surface area contributed by atoms with E-state index in [0.717, 1.165) is 13.0 Å². The molecule has 0 radical (unpaired) electrons. The lowest BCUT2D eigenvalue weighted by Gasteiger charge is -2.27. The van der Waals surface area contributed by atoms with Gasteiger partial charge in [0.2, 0.25) is 5.91 Å². The van der Waals surface area contributed by atoms with Gasteiger partial charge in [0.1, 0.15) is 0 Å². The summed E-state index contributed by atoms with van der Waals surface area (Å²) in [5, 5.41) is 0. The Hall–Kier alpha value is -0.530. The van der Waals surface area contributed by atoms with E-state index in [2.05, 4.69) is 0 Å². The van der Waals surface area contributed by atoms with Crippen LogP contribution >= 0.6 is 0 Å². The van der Waals surface area contributed by atoms with E-state index in [-0.39, 0.29) is 11.3 Å². The molecule has 0 saturated carbocycles. The van der Waals surface area contributed by atoms with E-state index < -0.39 is 0 Å². The Labute approximate surface area is 83.3 Å². The van der Waals surface area contributed by atoms with Crippen molar-refractivity contribution in [2.24, 2.45) is 5.41 Å². The van der Waals surface area contributed by atoms with Crippen LogP contribution in [0.25, 0.3) is 0 Å². The topological polar surface area (TPSA) is 20.3 Å². The first kappa shape index (κ1) is 15.0. The first-order valence-corrected chi connectivity index (χ1v) is 5.21. The van der Waals surface area contributed by atoms with E-state index in [0.29, 0.717) is 0 Å². The van der Waals surface area contributed by atoms with Gasteiger partial charge in [0.15, 0.2) is 0 Å². The summed E-state index contributed by atoms with van der Waals surface area (Å²) in [6, 6.07) is 0. The normalized spacial score (nSPS) is 10.1. The van der Waals surface area contributed by atoms with Crippen molar-refractivity contribution >= 4 is 5.91 Å². The van der Waals surface area contributed by atoms with Crippen molar-refractivity contribution in [2.75, 3.05) is 13.6 Å².